The van der Waals surface area contributed by atoms with Gasteiger partial charge in [0.1, 0.15) is 11.5 Å². The van der Waals surface area contributed by atoms with Crippen molar-refractivity contribution < 1.29 is 9.47 Å². The summed E-state index contributed by atoms with van der Waals surface area (Å²) in [6.45, 7) is 1.46. The minimum Gasteiger partial charge on any atom is -0.497 e. The first-order chi connectivity index (χ1) is 20.5. The Morgan fingerprint density at radius 2 is 1.07 bits per heavy atom. The van der Waals surface area contributed by atoms with Crippen molar-refractivity contribution in [1.82, 2.24) is 9.97 Å². The molecule has 230 valence electrons. The molecule has 0 aliphatic carbocycles. The molecule has 6 rings (SSSR count). The van der Waals surface area contributed by atoms with E-state index in [1.54, 1.807) is 14.2 Å². The van der Waals surface area contributed by atoms with E-state index in [0.29, 0.717) is 16.6 Å². The van der Waals surface area contributed by atoms with Crippen molar-refractivity contribution in [3.63, 3.8) is 0 Å². The van der Waals surface area contributed by atoms with E-state index in [-0.39, 0.29) is 24.8 Å². The van der Waals surface area contributed by atoms with Gasteiger partial charge in [-0.15, -0.1) is 24.8 Å². The molecule has 2 heterocycles. The molecular formula is C34H34Cl4N4O2. The third kappa shape index (κ3) is 6.56. The summed E-state index contributed by atoms with van der Waals surface area (Å²) >= 11 is 13.0. The number of aromatic nitrogens is 2. The third-order valence-corrected chi connectivity index (χ3v) is 8.18. The van der Waals surface area contributed by atoms with E-state index in [1.165, 1.54) is 0 Å². The van der Waals surface area contributed by atoms with Gasteiger partial charge >= 0.3 is 0 Å². The maximum atomic E-state index is 6.48. The van der Waals surface area contributed by atoms with E-state index in [2.05, 4.69) is 29.2 Å². The highest BCUT2D eigenvalue weighted by Gasteiger charge is 2.23. The van der Waals surface area contributed by atoms with Crippen LogP contribution in [0.1, 0.15) is 25.7 Å². The number of nitrogens with two attached hydrogens (primary N) is 1. The van der Waals surface area contributed by atoms with E-state index in [0.717, 1.165) is 98.7 Å². The molecule has 0 saturated heterocycles. The first-order valence-electron chi connectivity index (χ1n) is 14.1. The smallest absolute Gasteiger partial charge is 0.119 e. The van der Waals surface area contributed by atoms with E-state index in [9.17, 15) is 0 Å². The first kappa shape index (κ1) is 33.6. The van der Waals surface area contributed by atoms with Crippen LogP contribution in [-0.4, -0.2) is 37.3 Å². The standard InChI is InChI=1S/C34H32Cl2N4O2.2ClH/c1-41-23-9-13-29-27(19-23)33(25-11-7-21(35)17-31(25)38-29)40(16-6-4-3-5-15-37)34-26-12-8-22(36)18-32(26)39-30-14-10-24(42-2)20-28(30)34;;/h7-14,17-20H,3-6,15-16,37H2,1-2H3;2*1H. The average Bonchev–Trinajstić information content (AvgIpc) is 3.00. The van der Waals surface area contributed by atoms with Crippen molar-refractivity contribution in [3.05, 3.63) is 82.8 Å². The number of hydrogen-bond acceptors (Lipinski definition) is 6. The Labute approximate surface area is 279 Å². The van der Waals surface area contributed by atoms with Crippen LogP contribution in [0.3, 0.4) is 0 Å². The zero-order valence-electron chi connectivity index (χ0n) is 24.5. The average molecular weight is 672 g/mol. The van der Waals surface area contributed by atoms with Crippen LogP contribution in [0.25, 0.3) is 43.6 Å². The number of hydrogen-bond donors (Lipinski definition) is 1. The van der Waals surface area contributed by atoms with E-state index in [1.807, 2.05) is 48.5 Å². The fourth-order valence-corrected chi connectivity index (χ4v) is 6.02. The van der Waals surface area contributed by atoms with Gasteiger partial charge in [-0.25, -0.2) is 9.97 Å². The van der Waals surface area contributed by atoms with E-state index in [4.69, 9.17) is 48.4 Å². The molecule has 0 spiro atoms. The number of anilines is 2. The molecule has 0 bridgehead atoms. The lowest BCUT2D eigenvalue weighted by Gasteiger charge is -2.30. The molecule has 0 aliphatic rings. The van der Waals surface area contributed by atoms with Gasteiger partial charge in [-0.3, -0.25) is 0 Å². The number of nitrogens with zero attached hydrogens (tertiary/aromatic N) is 3. The van der Waals surface area contributed by atoms with Crippen molar-refractivity contribution in [1.29, 1.82) is 0 Å². The molecule has 44 heavy (non-hydrogen) atoms. The lowest BCUT2D eigenvalue weighted by Crippen LogP contribution is -2.20. The number of benzene rings is 4. The Bertz CT molecular complexity index is 1800. The van der Waals surface area contributed by atoms with Crippen LogP contribution >= 0.6 is 48.0 Å². The zero-order valence-corrected chi connectivity index (χ0v) is 27.6. The van der Waals surface area contributed by atoms with Gasteiger partial charge in [-0.1, -0.05) is 36.0 Å². The van der Waals surface area contributed by atoms with Crippen molar-refractivity contribution in [2.24, 2.45) is 5.73 Å². The minimum absolute atomic E-state index is 0. The molecule has 0 aliphatic heterocycles. The van der Waals surface area contributed by atoms with Crippen molar-refractivity contribution >= 4 is 103 Å². The minimum atomic E-state index is 0. The number of methoxy groups -OCH3 is 2. The lowest BCUT2D eigenvalue weighted by atomic mass is 10.0. The van der Waals surface area contributed by atoms with Crippen molar-refractivity contribution in [2.75, 3.05) is 32.2 Å². The van der Waals surface area contributed by atoms with Gasteiger partial charge in [0.05, 0.1) is 47.7 Å². The molecule has 4 aromatic carbocycles. The van der Waals surface area contributed by atoms with Crippen LogP contribution in [0.4, 0.5) is 11.4 Å². The molecule has 0 atom stereocenters. The number of ether oxygens (including phenoxy) is 2. The van der Waals surface area contributed by atoms with E-state index >= 15 is 0 Å². The zero-order chi connectivity index (χ0) is 29.2. The van der Waals surface area contributed by atoms with E-state index < -0.39 is 0 Å². The van der Waals surface area contributed by atoms with Gasteiger partial charge < -0.3 is 20.1 Å². The van der Waals surface area contributed by atoms with Crippen molar-refractivity contribution in [3.8, 4) is 11.5 Å². The maximum absolute atomic E-state index is 6.48. The highest BCUT2D eigenvalue weighted by Crippen LogP contribution is 2.45. The Hall–Kier alpha value is -3.26. The first-order valence-corrected chi connectivity index (χ1v) is 14.9. The second kappa shape index (κ2) is 14.7. The summed E-state index contributed by atoms with van der Waals surface area (Å²) in [6.07, 6.45) is 4.10. The summed E-state index contributed by atoms with van der Waals surface area (Å²) in [7, 11) is 3.37. The lowest BCUT2D eigenvalue weighted by molar-refractivity contribution is 0.415. The molecule has 6 nitrogen and oxygen atoms in total. The van der Waals surface area contributed by atoms with Crippen LogP contribution in [0.15, 0.2) is 72.8 Å². The molecule has 2 N–H and O–H groups in total. The number of unbranched alkanes of at least 4 members (excludes halogenated alkanes) is 3. The summed E-state index contributed by atoms with van der Waals surface area (Å²) in [4.78, 5) is 12.4. The summed E-state index contributed by atoms with van der Waals surface area (Å²) in [5, 5.41) is 5.25. The Morgan fingerprint density at radius 3 is 1.52 bits per heavy atom. The van der Waals surface area contributed by atoms with Gasteiger partial charge in [-0.05, 0) is 92.2 Å². The number of rotatable bonds is 10. The third-order valence-electron chi connectivity index (χ3n) is 7.70. The van der Waals surface area contributed by atoms with Crippen LogP contribution in [0, 0.1) is 0 Å². The van der Waals surface area contributed by atoms with Crippen LogP contribution in [0.5, 0.6) is 11.5 Å². The summed E-state index contributed by atoms with van der Waals surface area (Å²) in [6, 6.07) is 23.8. The van der Waals surface area contributed by atoms with Gasteiger partial charge in [0.25, 0.3) is 0 Å². The summed E-state index contributed by atoms with van der Waals surface area (Å²) in [5.74, 6) is 1.53. The number of pyridine rings is 2. The normalized spacial score (nSPS) is 11.0. The highest BCUT2D eigenvalue weighted by molar-refractivity contribution is 6.32. The predicted molar refractivity (Wildman–Crippen MR) is 191 cm³/mol. The molecular weight excluding hydrogens is 638 g/mol. The summed E-state index contributed by atoms with van der Waals surface area (Å²) in [5.41, 5.74) is 11.3. The van der Waals surface area contributed by atoms with Crippen molar-refractivity contribution in [2.45, 2.75) is 25.7 Å². The van der Waals surface area contributed by atoms with Gasteiger partial charge in [0.15, 0.2) is 0 Å². The van der Waals surface area contributed by atoms with Crippen LogP contribution < -0.4 is 20.1 Å². The van der Waals surface area contributed by atoms with Crippen LogP contribution in [0.2, 0.25) is 10.0 Å². The molecule has 0 fully saturated rings. The molecule has 0 saturated carbocycles. The summed E-state index contributed by atoms with van der Waals surface area (Å²) < 4.78 is 11.4. The molecule has 2 aromatic heterocycles. The quantitative estimate of drug-likeness (QED) is 0.115. The SMILES string of the molecule is COc1ccc2nc3cc(Cl)ccc3c(N(CCCCCCN)c3c4ccc(Cl)cc4nc4ccc(OC)cc34)c2c1.Cl.Cl. The monoisotopic (exact) mass is 670 g/mol. The van der Waals surface area contributed by atoms with Gasteiger partial charge in [0.2, 0.25) is 0 Å². The Balaban J connectivity index is 0.00000221. The highest BCUT2D eigenvalue weighted by atomic mass is 35.5. The number of halogens is 4. The molecule has 0 amide bonds. The van der Waals surface area contributed by atoms with Gasteiger partial charge in [0, 0.05) is 38.1 Å². The van der Waals surface area contributed by atoms with Crippen LogP contribution in [-0.2, 0) is 0 Å². The second-order valence-electron chi connectivity index (χ2n) is 10.4. The van der Waals surface area contributed by atoms with Gasteiger partial charge in [-0.2, -0.15) is 0 Å². The maximum Gasteiger partial charge on any atom is 0.119 e. The Kier molecular flexibility index (Phi) is 11.2. The molecule has 0 radical (unpaired) electrons. The molecule has 6 aromatic rings. The topological polar surface area (TPSA) is 73.5 Å². The molecule has 0 unspecified atom stereocenters. The Morgan fingerprint density at radius 1 is 0.591 bits per heavy atom. The fourth-order valence-electron chi connectivity index (χ4n) is 5.69. The largest absolute Gasteiger partial charge is 0.497 e. The molecule has 10 heteroatoms. The predicted octanol–water partition coefficient (Wildman–Crippen LogP) is 9.91. The number of fused-ring (bicyclic) bond motifs is 4. The fraction of sp³-hybridized carbons (Fsp3) is 0.235. The second-order valence-corrected chi connectivity index (χ2v) is 11.2.